The first-order valence-corrected chi connectivity index (χ1v) is 4.79. The first kappa shape index (κ1) is 10.3. The van der Waals surface area contributed by atoms with Crippen LogP contribution < -0.4 is 15.2 Å². The average Bonchev–Trinajstić information content (AvgIpc) is 2.25. The number of ether oxygens (including phenoxy) is 3. The summed E-state index contributed by atoms with van der Waals surface area (Å²) in [5.41, 5.74) is 6.78. The number of nitrogens with two attached hydrogens (primary N) is 1. The van der Waals surface area contributed by atoms with Crippen LogP contribution in [-0.4, -0.2) is 27.4 Å². The molecule has 0 saturated carbocycles. The second-order valence-electron chi connectivity index (χ2n) is 3.72. The molecule has 82 valence electrons. The summed E-state index contributed by atoms with van der Waals surface area (Å²) in [6, 6.07) is 5.71. The minimum Gasteiger partial charge on any atom is -0.493 e. The Morgan fingerprint density at radius 1 is 1.20 bits per heavy atom. The van der Waals surface area contributed by atoms with Crippen LogP contribution in [0, 0.1) is 0 Å². The fourth-order valence-electron chi connectivity index (χ4n) is 1.63. The van der Waals surface area contributed by atoms with Crippen LogP contribution in [0.4, 0.5) is 0 Å². The molecule has 1 aromatic rings. The molecule has 0 aliphatic carbocycles. The van der Waals surface area contributed by atoms with Gasteiger partial charge in [0.1, 0.15) is 0 Å². The van der Waals surface area contributed by atoms with Gasteiger partial charge in [-0.15, -0.1) is 0 Å². The number of hydrogen-bond acceptors (Lipinski definition) is 4. The van der Waals surface area contributed by atoms with E-state index in [1.54, 1.807) is 14.2 Å². The Morgan fingerprint density at radius 2 is 1.87 bits per heavy atom. The molecule has 2 rings (SSSR count). The highest BCUT2D eigenvalue weighted by Crippen LogP contribution is 2.34. The van der Waals surface area contributed by atoms with Gasteiger partial charge in [0.25, 0.3) is 0 Å². The molecule has 0 unspecified atom stereocenters. The minimum absolute atomic E-state index is 0.362. The molecule has 1 aliphatic heterocycles. The van der Waals surface area contributed by atoms with Crippen molar-refractivity contribution in [2.75, 3.05) is 27.4 Å². The monoisotopic (exact) mass is 209 g/mol. The van der Waals surface area contributed by atoms with Crippen molar-refractivity contribution in [3.8, 4) is 11.5 Å². The first-order valence-electron chi connectivity index (χ1n) is 4.79. The Balaban J connectivity index is 2.34. The summed E-state index contributed by atoms with van der Waals surface area (Å²) in [6.07, 6.45) is 0. The summed E-state index contributed by atoms with van der Waals surface area (Å²) in [7, 11) is 3.23. The summed E-state index contributed by atoms with van der Waals surface area (Å²) in [4.78, 5) is 0. The molecule has 0 spiro atoms. The molecular formula is C11H15NO3. The van der Waals surface area contributed by atoms with Crippen LogP contribution in [0.1, 0.15) is 5.56 Å². The van der Waals surface area contributed by atoms with E-state index in [2.05, 4.69) is 0 Å². The highest BCUT2D eigenvalue weighted by atomic mass is 16.5. The van der Waals surface area contributed by atoms with Crippen molar-refractivity contribution in [3.05, 3.63) is 23.8 Å². The number of hydrogen-bond donors (Lipinski definition) is 1. The van der Waals surface area contributed by atoms with Crippen LogP contribution >= 0.6 is 0 Å². The summed E-state index contributed by atoms with van der Waals surface area (Å²) in [6.45, 7) is 1.12. The molecule has 4 heteroatoms. The van der Waals surface area contributed by atoms with E-state index in [0.29, 0.717) is 24.7 Å². The van der Waals surface area contributed by atoms with Crippen molar-refractivity contribution in [1.29, 1.82) is 0 Å². The average molecular weight is 209 g/mol. The summed E-state index contributed by atoms with van der Waals surface area (Å²) < 4.78 is 15.5. The molecule has 2 N–H and O–H groups in total. The molecule has 1 heterocycles. The van der Waals surface area contributed by atoms with Crippen molar-refractivity contribution in [1.82, 2.24) is 0 Å². The van der Waals surface area contributed by atoms with E-state index >= 15 is 0 Å². The van der Waals surface area contributed by atoms with Gasteiger partial charge in [-0.25, -0.2) is 0 Å². The third kappa shape index (κ3) is 1.66. The maximum Gasteiger partial charge on any atom is 0.161 e. The van der Waals surface area contributed by atoms with Gasteiger partial charge in [0.2, 0.25) is 0 Å². The fraction of sp³-hybridized carbons (Fsp3) is 0.455. The second kappa shape index (κ2) is 3.72. The molecule has 0 amide bonds. The van der Waals surface area contributed by atoms with E-state index in [1.807, 2.05) is 18.2 Å². The smallest absolute Gasteiger partial charge is 0.161 e. The molecule has 1 saturated heterocycles. The maximum absolute atomic E-state index is 6.12. The largest absolute Gasteiger partial charge is 0.493 e. The van der Waals surface area contributed by atoms with Crippen LogP contribution in [-0.2, 0) is 10.3 Å². The van der Waals surface area contributed by atoms with E-state index in [9.17, 15) is 0 Å². The Hall–Kier alpha value is -1.26. The van der Waals surface area contributed by atoms with E-state index in [-0.39, 0.29) is 5.54 Å². The van der Waals surface area contributed by atoms with Crippen LogP contribution in [0.15, 0.2) is 18.2 Å². The van der Waals surface area contributed by atoms with E-state index in [0.717, 1.165) is 5.56 Å². The van der Waals surface area contributed by atoms with E-state index < -0.39 is 0 Å². The molecule has 0 atom stereocenters. The Bertz CT molecular complexity index is 361. The Morgan fingerprint density at radius 3 is 2.33 bits per heavy atom. The van der Waals surface area contributed by atoms with Crippen molar-refractivity contribution < 1.29 is 14.2 Å². The Labute approximate surface area is 88.9 Å². The minimum atomic E-state index is -0.362. The van der Waals surface area contributed by atoms with Gasteiger partial charge in [0.05, 0.1) is 33.0 Å². The summed E-state index contributed by atoms with van der Waals surface area (Å²) in [5.74, 6) is 1.41. The third-order valence-electron chi connectivity index (χ3n) is 2.68. The van der Waals surface area contributed by atoms with Crippen molar-refractivity contribution in [3.63, 3.8) is 0 Å². The molecule has 1 aromatic carbocycles. The predicted molar refractivity (Wildman–Crippen MR) is 56.2 cm³/mol. The lowest BCUT2D eigenvalue weighted by Gasteiger charge is -2.38. The topological polar surface area (TPSA) is 53.7 Å². The fourth-order valence-corrected chi connectivity index (χ4v) is 1.63. The van der Waals surface area contributed by atoms with E-state index in [4.69, 9.17) is 19.9 Å². The zero-order valence-corrected chi connectivity index (χ0v) is 8.95. The summed E-state index contributed by atoms with van der Waals surface area (Å²) in [5, 5.41) is 0. The molecule has 0 aromatic heterocycles. The van der Waals surface area contributed by atoms with Crippen molar-refractivity contribution >= 4 is 0 Å². The lowest BCUT2D eigenvalue weighted by atomic mass is 9.89. The highest BCUT2D eigenvalue weighted by molar-refractivity contribution is 5.45. The van der Waals surface area contributed by atoms with Gasteiger partial charge in [-0.1, -0.05) is 6.07 Å². The number of rotatable bonds is 3. The molecule has 1 fully saturated rings. The summed E-state index contributed by atoms with van der Waals surface area (Å²) >= 11 is 0. The quantitative estimate of drug-likeness (QED) is 0.803. The molecule has 0 bridgehead atoms. The standard InChI is InChI=1S/C11H15NO3/c1-13-9-4-3-8(5-10(9)14-2)11(12)6-15-7-11/h3-5H,6-7,12H2,1-2H3. The normalized spacial score (nSPS) is 18.1. The van der Waals surface area contributed by atoms with Crippen LogP contribution in [0.2, 0.25) is 0 Å². The molecule has 4 nitrogen and oxygen atoms in total. The van der Waals surface area contributed by atoms with Crippen molar-refractivity contribution in [2.24, 2.45) is 5.73 Å². The van der Waals surface area contributed by atoms with Gasteiger partial charge < -0.3 is 19.9 Å². The van der Waals surface area contributed by atoms with Gasteiger partial charge in [-0.05, 0) is 17.7 Å². The van der Waals surface area contributed by atoms with Crippen LogP contribution in [0.3, 0.4) is 0 Å². The third-order valence-corrected chi connectivity index (χ3v) is 2.68. The van der Waals surface area contributed by atoms with Gasteiger partial charge in [0, 0.05) is 0 Å². The van der Waals surface area contributed by atoms with Gasteiger partial charge in [-0.2, -0.15) is 0 Å². The number of methoxy groups -OCH3 is 2. The van der Waals surface area contributed by atoms with Crippen LogP contribution in [0.5, 0.6) is 11.5 Å². The lowest BCUT2D eigenvalue weighted by Crippen LogP contribution is -2.54. The zero-order chi connectivity index (χ0) is 10.9. The maximum atomic E-state index is 6.12. The van der Waals surface area contributed by atoms with Crippen LogP contribution in [0.25, 0.3) is 0 Å². The number of benzene rings is 1. The van der Waals surface area contributed by atoms with Gasteiger partial charge >= 0.3 is 0 Å². The molecular weight excluding hydrogens is 194 g/mol. The van der Waals surface area contributed by atoms with Crippen molar-refractivity contribution in [2.45, 2.75) is 5.54 Å². The SMILES string of the molecule is COc1ccc(C2(N)COC2)cc1OC. The second-order valence-corrected chi connectivity index (χ2v) is 3.72. The molecule has 1 aliphatic rings. The molecule has 15 heavy (non-hydrogen) atoms. The van der Waals surface area contributed by atoms with E-state index in [1.165, 1.54) is 0 Å². The first-order chi connectivity index (χ1) is 7.19. The van der Waals surface area contributed by atoms with Gasteiger partial charge in [0.15, 0.2) is 11.5 Å². The zero-order valence-electron chi connectivity index (χ0n) is 8.95. The Kier molecular flexibility index (Phi) is 2.54. The molecule has 0 radical (unpaired) electrons. The predicted octanol–water partition coefficient (Wildman–Crippen LogP) is 0.888. The lowest BCUT2D eigenvalue weighted by molar-refractivity contribution is -0.0570. The van der Waals surface area contributed by atoms with Gasteiger partial charge in [-0.3, -0.25) is 0 Å². The highest BCUT2D eigenvalue weighted by Gasteiger charge is 2.36.